The highest BCUT2D eigenvalue weighted by atomic mass is 16.1. The maximum atomic E-state index is 11.0. The summed E-state index contributed by atoms with van der Waals surface area (Å²) in [6.45, 7) is 1.04. The highest BCUT2D eigenvalue weighted by Crippen LogP contribution is 2.27. The van der Waals surface area contributed by atoms with E-state index in [-0.39, 0.29) is 5.91 Å². The Morgan fingerprint density at radius 3 is 2.74 bits per heavy atom. The largest absolute Gasteiger partial charge is 0.370 e. The van der Waals surface area contributed by atoms with Crippen molar-refractivity contribution in [3.8, 4) is 0 Å². The van der Waals surface area contributed by atoms with Gasteiger partial charge in [0.1, 0.15) is 0 Å². The van der Waals surface area contributed by atoms with Gasteiger partial charge >= 0.3 is 0 Å². The van der Waals surface area contributed by atoms with E-state index in [1.807, 2.05) is 0 Å². The lowest BCUT2D eigenvalue weighted by molar-refractivity contribution is -0.117. The molecule has 1 aliphatic heterocycles. The fourth-order valence-corrected chi connectivity index (χ4v) is 3.32. The molecule has 0 radical (unpaired) electrons. The first-order chi connectivity index (χ1) is 11.2. The molecule has 1 amide bonds. The van der Waals surface area contributed by atoms with Crippen LogP contribution in [0.15, 0.2) is 48.5 Å². The van der Waals surface area contributed by atoms with E-state index in [1.165, 1.54) is 28.7 Å². The average Bonchev–Trinajstić information content (AvgIpc) is 2.76. The molecule has 2 aromatic rings. The normalized spacial score (nSPS) is 17.3. The Balaban J connectivity index is 1.84. The first-order valence-corrected chi connectivity index (χ1v) is 8.39. The molecule has 0 aliphatic carbocycles. The third-order valence-electron chi connectivity index (χ3n) is 4.54. The summed E-state index contributed by atoms with van der Waals surface area (Å²) in [6, 6.07) is 17.6. The number of amides is 1. The minimum atomic E-state index is -0.237. The quantitative estimate of drug-likeness (QED) is 0.892. The fourth-order valence-electron chi connectivity index (χ4n) is 3.32. The molecular weight excluding hydrogens is 284 g/mol. The molecule has 0 saturated carbocycles. The van der Waals surface area contributed by atoms with Crippen molar-refractivity contribution < 1.29 is 4.79 Å². The summed E-state index contributed by atoms with van der Waals surface area (Å²) in [5.41, 5.74) is 10.6. The summed E-state index contributed by atoms with van der Waals surface area (Å²) in [6.07, 6.45) is 4.41. The number of primary amides is 1. The second-order valence-electron chi connectivity index (χ2n) is 6.30. The van der Waals surface area contributed by atoms with E-state index in [9.17, 15) is 4.79 Å². The van der Waals surface area contributed by atoms with Crippen LogP contribution >= 0.6 is 0 Å². The summed E-state index contributed by atoms with van der Waals surface area (Å²) < 4.78 is 0. The molecule has 1 aliphatic rings. The average molecular weight is 308 g/mol. The molecule has 3 heteroatoms. The van der Waals surface area contributed by atoms with Crippen LogP contribution in [-0.4, -0.2) is 12.5 Å². The maximum Gasteiger partial charge on any atom is 0.217 e. The zero-order valence-electron chi connectivity index (χ0n) is 13.4. The topological polar surface area (TPSA) is 55.1 Å². The van der Waals surface area contributed by atoms with Crippen LogP contribution in [0.3, 0.4) is 0 Å². The number of hydrogen-bond acceptors (Lipinski definition) is 2. The molecule has 0 spiro atoms. The third-order valence-corrected chi connectivity index (χ3v) is 4.54. The summed E-state index contributed by atoms with van der Waals surface area (Å²) in [5, 5.41) is 3.69. The Morgan fingerprint density at radius 1 is 1.13 bits per heavy atom. The predicted molar refractivity (Wildman–Crippen MR) is 93.2 cm³/mol. The van der Waals surface area contributed by atoms with Gasteiger partial charge in [0.25, 0.3) is 0 Å². The smallest absolute Gasteiger partial charge is 0.217 e. The SMILES string of the molecule is NC(=O)CCc1ccc2c(c1)C(Cc1ccccc1)NCCC2. The Bertz CT molecular complexity index is 667. The number of aryl methyl sites for hydroxylation is 2. The van der Waals surface area contributed by atoms with E-state index in [0.29, 0.717) is 12.5 Å². The Kier molecular flexibility index (Phi) is 5.09. The Labute approximate surface area is 137 Å². The summed E-state index contributed by atoms with van der Waals surface area (Å²) >= 11 is 0. The van der Waals surface area contributed by atoms with Crippen LogP contribution in [-0.2, 0) is 24.1 Å². The Morgan fingerprint density at radius 2 is 1.96 bits per heavy atom. The van der Waals surface area contributed by atoms with Gasteiger partial charge in [-0.2, -0.15) is 0 Å². The zero-order valence-corrected chi connectivity index (χ0v) is 13.4. The molecular formula is C20H24N2O. The van der Waals surface area contributed by atoms with Gasteiger partial charge in [-0.05, 0) is 54.5 Å². The molecule has 120 valence electrons. The van der Waals surface area contributed by atoms with Crippen LogP contribution in [0.1, 0.15) is 41.1 Å². The third kappa shape index (κ3) is 4.20. The van der Waals surface area contributed by atoms with E-state index >= 15 is 0 Å². The number of rotatable bonds is 5. The van der Waals surface area contributed by atoms with Gasteiger partial charge < -0.3 is 11.1 Å². The monoisotopic (exact) mass is 308 g/mol. The lowest BCUT2D eigenvalue weighted by Crippen LogP contribution is -2.23. The van der Waals surface area contributed by atoms with Gasteiger partial charge in [-0.15, -0.1) is 0 Å². The Hall–Kier alpha value is -2.13. The van der Waals surface area contributed by atoms with E-state index in [1.54, 1.807) is 0 Å². The molecule has 3 nitrogen and oxygen atoms in total. The van der Waals surface area contributed by atoms with Crippen LogP contribution < -0.4 is 11.1 Å². The minimum Gasteiger partial charge on any atom is -0.370 e. The van der Waals surface area contributed by atoms with Crippen molar-refractivity contribution in [1.82, 2.24) is 5.32 Å². The first kappa shape index (κ1) is 15.8. The highest BCUT2D eigenvalue weighted by Gasteiger charge is 2.19. The van der Waals surface area contributed by atoms with Crippen LogP contribution in [0.2, 0.25) is 0 Å². The molecule has 1 atom stereocenters. The van der Waals surface area contributed by atoms with Crippen LogP contribution in [0.4, 0.5) is 0 Å². The van der Waals surface area contributed by atoms with Crippen molar-refractivity contribution in [3.63, 3.8) is 0 Å². The van der Waals surface area contributed by atoms with Crippen molar-refractivity contribution in [2.24, 2.45) is 5.73 Å². The second-order valence-corrected chi connectivity index (χ2v) is 6.30. The summed E-state index contributed by atoms with van der Waals surface area (Å²) in [5.74, 6) is -0.237. The molecule has 2 aromatic carbocycles. The van der Waals surface area contributed by atoms with Crippen LogP contribution in [0.5, 0.6) is 0 Å². The second kappa shape index (κ2) is 7.42. The number of benzene rings is 2. The number of nitrogens with two attached hydrogens (primary N) is 1. The summed E-state index contributed by atoms with van der Waals surface area (Å²) in [7, 11) is 0. The first-order valence-electron chi connectivity index (χ1n) is 8.39. The van der Waals surface area contributed by atoms with Gasteiger partial charge in [-0.25, -0.2) is 0 Å². The molecule has 0 saturated heterocycles. The van der Waals surface area contributed by atoms with Gasteiger partial charge in [0, 0.05) is 12.5 Å². The molecule has 1 unspecified atom stereocenters. The van der Waals surface area contributed by atoms with E-state index in [2.05, 4.69) is 53.8 Å². The molecule has 0 bridgehead atoms. The predicted octanol–water partition coefficient (Wildman–Crippen LogP) is 2.92. The summed E-state index contributed by atoms with van der Waals surface area (Å²) in [4.78, 5) is 11.0. The van der Waals surface area contributed by atoms with Gasteiger partial charge in [0.15, 0.2) is 0 Å². The van der Waals surface area contributed by atoms with Crippen molar-refractivity contribution in [2.75, 3.05) is 6.54 Å². The van der Waals surface area contributed by atoms with Crippen molar-refractivity contribution >= 4 is 5.91 Å². The molecule has 1 heterocycles. The van der Waals surface area contributed by atoms with Gasteiger partial charge in [-0.3, -0.25) is 4.79 Å². The molecule has 0 aromatic heterocycles. The number of hydrogen-bond donors (Lipinski definition) is 2. The van der Waals surface area contributed by atoms with Gasteiger partial charge in [0.05, 0.1) is 0 Å². The molecule has 23 heavy (non-hydrogen) atoms. The van der Waals surface area contributed by atoms with E-state index < -0.39 is 0 Å². The highest BCUT2D eigenvalue weighted by molar-refractivity contribution is 5.74. The van der Waals surface area contributed by atoms with Crippen molar-refractivity contribution in [2.45, 2.75) is 38.1 Å². The van der Waals surface area contributed by atoms with E-state index in [4.69, 9.17) is 5.73 Å². The van der Waals surface area contributed by atoms with Crippen LogP contribution in [0.25, 0.3) is 0 Å². The van der Waals surface area contributed by atoms with E-state index in [0.717, 1.165) is 25.8 Å². The number of carbonyl (C=O) groups excluding carboxylic acids is 1. The maximum absolute atomic E-state index is 11.0. The lowest BCUT2D eigenvalue weighted by atomic mass is 9.92. The van der Waals surface area contributed by atoms with Gasteiger partial charge in [0.2, 0.25) is 5.91 Å². The minimum absolute atomic E-state index is 0.237. The lowest BCUT2D eigenvalue weighted by Gasteiger charge is -2.20. The molecule has 3 N–H and O–H groups in total. The van der Waals surface area contributed by atoms with Crippen LogP contribution in [0, 0.1) is 0 Å². The number of carbonyl (C=O) groups is 1. The number of nitrogens with one attached hydrogen (secondary N) is 1. The molecule has 3 rings (SSSR count). The van der Waals surface area contributed by atoms with Crippen molar-refractivity contribution in [1.29, 1.82) is 0 Å². The molecule has 0 fully saturated rings. The standard InChI is InChI=1S/C20H24N2O/c21-20(23)11-9-16-8-10-17-7-4-12-22-19(18(17)13-16)14-15-5-2-1-3-6-15/h1-3,5-6,8,10,13,19,22H,4,7,9,11-12,14H2,(H2,21,23). The fraction of sp³-hybridized carbons (Fsp3) is 0.350. The van der Waals surface area contributed by atoms with Crippen molar-refractivity contribution in [3.05, 3.63) is 70.8 Å². The van der Waals surface area contributed by atoms with Gasteiger partial charge in [-0.1, -0.05) is 48.5 Å². The number of fused-ring (bicyclic) bond motifs is 1. The zero-order chi connectivity index (χ0) is 16.1.